The SMILES string of the molecule is CC1CCC(OCC(=O)N(C)CCC(N)=S)CC1. The Kier molecular flexibility index (Phi) is 6.57. The van der Waals surface area contributed by atoms with E-state index in [0.717, 1.165) is 18.8 Å². The van der Waals surface area contributed by atoms with Gasteiger partial charge in [-0.3, -0.25) is 4.79 Å². The quantitative estimate of drug-likeness (QED) is 0.748. The summed E-state index contributed by atoms with van der Waals surface area (Å²) in [5, 5.41) is 0. The van der Waals surface area contributed by atoms with Crippen molar-refractivity contribution in [2.24, 2.45) is 11.7 Å². The summed E-state index contributed by atoms with van der Waals surface area (Å²) in [5.41, 5.74) is 5.41. The molecule has 0 aromatic rings. The Balaban J connectivity index is 2.17. The summed E-state index contributed by atoms with van der Waals surface area (Å²) >= 11 is 4.79. The molecule has 0 spiro atoms. The number of thiocarbonyl (C=S) groups is 1. The lowest BCUT2D eigenvalue weighted by molar-refractivity contribution is -0.137. The first kappa shape index (κ1) is 15.4. The molecule has 0 atom stereocenters. The Bertz CT molecular complexity index is 289. The second kappa shape index (κ2) is 7.69. The van der Waals surface area contributed by atoms with Gasteiger partial charge in [-0.05, 0) is 31.6 Å². The van der Waals surface area contributed by atoms with Crippen LogP contribution in [0.2, 0.25) is 0 Å². The first-order valence-corrected chi connectivity index (χ1v) is 7.03. The van der Waals surface area contributed by atoms with Crippen LogP contribution in [0.1, 0.15) is 39.0 Å². The lowest BCUT2D eigenvalue weighted by Gasteiger charge is -2.26. The Hall–Kier alpha value is -0.680. The molecule has 0 bridgehead atoms. The van der Waals surface area contributed by atoms with Crippen molar-refractivity contribution in [3.05, 3.63) is 0 Å². The molecule has 0 saturated heterocycles. The minimum Gasteiger partial charge on any atom is -0.393 e. The van der Waals surface area contributed by atoms with Crippen LogP contribution in [-0.2, 0) is 9.53 Å². The smallest absolute Gasteiger partial charge is 0.248 e. The maximum Gasteiger partial charge on any atom is 0.248 e. The van der Waals surface area contributed by atoms with Crippen molar-refractivity contribution >= 4 is 23.1 Å². The number of carbonyl (C=O) groups is 1. The molecule has 0 unspecified atom stereocenters. The zero-order valence-electron chi connectivity index (χ0n) is 11.4. The number of hydrogen-bond acceptors (Lipinski definition) is 3. The van der Waals surface area contributed by atoms with Crippen molar-refractivity contribution in [2.75, 3.05) is 20.2 Å². The molecule has 1 saturated carbocycles. The van der Waals surface area contributed by atoms with Crippen LogP contribution in [0.15, 0.2) is 0 Å². The fourth-order valence-electron chi connectivity index (χ4n) is 2.10. The molecule has 0 aliphatic heterocycles. The van der Waals surface area contributed by atoms with Crippen LogP contribution in [0, 0.1) is 5.92 Å². The summed E-state index contributed by atoms with van der Waals surface area (Å²) in [6.45, 7) is 3.01. The molecule has 0 aromatic carbocycles. The standard InChI is InChI=1S/C13H24N2O2S/c1-10-3-5-11(6-4-10)17-9-13(16)15(2)8-7-12(14)18/h10-11H,3-9H2,1-2H3,(H2,14,18). The Morgan fingerprint density at radius 3 is 2.56 bits per heavy atom. The third kappa shape index (κ3) is 5.78. The van der Waals surface area contributed by atoms with Gasteiger partial charge in [-0.25, -0.2) is 0 Å². The van der Waals surface area contributed by atoms with Gasteiger partial charge in [0.05, 0.1) is 11.1 Å². The molecular formula is C13H24N2O2S. The fraction of sp³-hybridized carbons (Fsp3) is 0.846. The average Bonchev–Trinajstić information content (AvgIpc) is 2.34. The van der Waals surface area contributed by atoms with E-state index in [1.54, 1.807) is 11.9 Å². The number of hydrogen-bond donors (Lipinski definition) is 1. The first-order chi connectivity index (χ1) is 8.49. The zero-order chi connectivity index (χ0) is 13.5. The van der Waals surface area contributed by atoms with E-state index in [1.807, 2.05) is 0 Å². The summed E-state index contributed by atoms with van der Waals surface area (Å²) < 4.78 is 5.67. The summed E-state index contributed by atoms with van der Waals surface area (Å²) in [7, 11) is 1.76. The van der Waals surface area contributed by atoms with E-state index in [9.17, 15) is 4.79 Å². The second-order valence-electron chi connectivity index (χ2n) is 5.22. The van der Waals surface area contributed by atoms with Gasteiger partial charge < -0.3 is 15.4 Å². The van der Waals surface area contributed by atoms with Gasteiger partial charge in [0.1, 0.15) is 6.61 Å². The van der Waals surface area contributed by atoms with Crippen LogP contribution in [0.25, 0.3) is 0 Å². The van der Waals surface area contributed by atoms with Gasteiger partial charge in [-0.15, -0.1) is 0 Å². The van der Waals surface area contributed by atoms with Crippen LogP contribution in [0.3, 0.4) is 0 Å². The molecule has 1 rings (SSSR count). The van der Waals surface area contributed by atoms with Crippen LogP contribution < -0.4 is 5.73 Å². The van der Waals surface area contributed by atoms with E-state index in [1.165, 1.54) is 12.8 Å². The van der Waals surface area contributed by atoms with Gasteiger partial charge in [-0.2, -0.15) is 0 Å². The van der Waals surface area contributed by atoms with Crippen molar-refractivity contribution in [3.63, 3.8) is 0 Å². The highest BCUT2D eigenvalue weighted by Gasteiger charge is 2.20. The predicted octanol–water partition coefficient (Wildman–Crippen LogP) is 1.72. The molecule has 4 nitrogen and oxygen atoms in total. The van der Waals surface area contributed by atoms with Crippen LogP contribution in [0.5, 0.6) is 0 Å². The predicted molar refractivity (Wildman–Crippen MR) is 76.4 cm³/mol. The topological polar surface area (TPSA) is 55.6 Å². The van der Waals surface area contributed by atoms with E-state index in [4.69, 9.17) is 22.7 Å². The lowest BCUT2D eigenvalue weighted by atomic mass is 9.89. The molecule has 0 heterocycles. The molecule has 1 amide bonds. The van der Waals surface area contributed by atoms with Crippen molar-refractivity contribution in [1.82, 2.24) is 4.90 Å². The zero-order valence-corrected chi connectivity index (χ0v) is 12.2. The monoisotopic (exact) mass is 272 g/mol. The highest BCUT2D eigenvalue weighted by atomic mass is 32.1. The largest absolute Gasteiger partial charge is 0.393 e. The molecule has 2 N–H and O–H groups in total. The first-order valence-electron chi connectivity index (χ1n) is 6.63. The summed E-state index contributed by atoms with van der Waals surface area (Å²) in [6, 6.07) is 0. The third-order valence-corrected chi connectivity index (χ3v) is 3.73. The van der Waals surface area contributed by atoms with Gasteiger partial charge in [-0.1, -0.05) is 19.1 Å². The van der Waals surface area contributed by atoms with E-state index in [0.29, 0.717) is 18.0 Å². The number of ether oxygens (including phenoxy) is 1. The van der Waals surface area contributed by atoms with Gasteiger partial charge in [0.25, 0.3) is 0 Å². The molecule has 5 heteroatoms. The number of nitrogens with zero attached hydrogens (tertiary/aromatic N) is 1. The minimum atomic E-state index is 0.00451. The Morgan fingerprint density at radius 2 is 2.00 bits per heavy atom. The second-order valence-corrected chi connectivity index (χ2v) is 5.75. The molecule has 104 valence electrons. The van der Waals surface area contributed by atoms with Gasteiger partial charge in [0.15, 0.2) is 0 Å². The molecule has 0 aromatic heterocycles. The summed E-state index contributed by atoms with van der Waals surface area (Å²) in [6.07, 6.45) is 5.38. The molecule has 1 aliphatic rings. The maximum atomic E-state index is 11.8. The van der Waals surface area contributed by atoms with Crippen molar-refractivity contribution in [2.45, 2.75) is 45.1 Å². The van der Waals surface area contributed by atoms with E-state index < -0.39 is 0 Å². The number of carbonyl (C=O) groups excluding carboxylic acids is 1. The number of nitrogens with two attached hydrogens (primary N) is 1. The minimum absolute atomic E-state index is 0.00451. The Morgan fingerprint density at radius 1 is 1.39 bits per heavy atom. The average molecular weight is 272 g/mol. The van der Waals surface area contributed by atoms with Crippen LogP contribution in [0.4, 0.5) is 0 Å². The number of likely N-dealkylation sites (N-methyl/N-ethyl adjacent to an activating group) is 1. The molecule has 1 fully saturated rings. The Labute approximate surface area is 115 Å². The van der Waals surface area contributed by atoms with Crippen molar-refractivity contribution in [3.8, 4) is 0 Å². The molecular weight excluding hydrogens is 248 g/mol. The van der Waals surface area contributed by atoms with Gasteiger partial charge >= 0.3 is 0 Å². The molecule has 18 heavy (non-hydrogen) atoms. The maximum absolute atomic E-state index is 11.8. The highest BCUT2D eigenvalue weighted by molar-refractivity contribution is 7.80. The highest BCUT2D eigenvalue weighted by Crippen LogP contribution is 2.25. The third-order valence-electron chi connectivity index (χ3n) is 3.52. The van der Waals surface area contributed by atoms with Gasteiger partial charge in [0, 0.05) is 20.0 Å². The summed E-state index contributed by atoms with van der Waals surface area (Å²) in [5.74, 6) is 0.804. The number of rotatable bonds is 6. The lowest BCUT2D eigenvalue weighted by Crippen LogP contribution is -2.34. The van der Waals surface area contributed by atoms with E-state index in [2.05, 4.69) is 6.92 Å². The van der Waals surface area contributed by atoms with Crippen molar-refractivity contribution in [1.29, 1.82) is 0 Å². The van der Waals surface area contributed by atoms with Gasteiger partial charge in [0.2, 0.25) is 5.91 Å². The van der Waals surface area contributed by atoms with Crippen LogP contribution >= 0.6 is 12.2 Å². The van der Waals surface area contributed by atoms with E-state index in [-0.39, 0.29) is 18.6 Å². The summed E-state index contributed by atoms with van der Waals surface area (Å²) in [4.78, 5) is 13.9. The van der Waals surface area contributed by atoms with Crippen molar-refractivity contribution < 1.29 is 9.53 Å². The molecule has 1 aliphatic carbocycles. The fourth-order valence-corrected chi connectivity index (χ4v) is 2.19. The van der Waals surface area contributed by atoms with Crippen LogP contribution in [-0.4, -0.2) is 42.1 Å². The molecule has 0 radical (unpaired) electrons. The normalized spacial score (nSPS) is 23.7. The van der Waals surface area contributed by atoms with E-state index >= 15 is 0 Å². The number of amides is 1.